The number of rotatable bonds is 4. The lowest BCUT2D eigenvalue weighted by Crippen LogP contribution is -2.25. The molecule has 23 heavy (non-hydrogen) atoms. The third kappa shape index (κ3) is 3.26. The van der Waals surface area contributed by atoms with E-state index in [0.29, 0.717) is 12.2 Å². The summed E-state index contributed by atoms with van der Waals surface area (Å²) >= 11 is 0. The zero-order valence-corrected chi connectivity index (χ0v) is 13.0. The van der Waals surface area contributed by atoms with Crippen molar-refractivity contribution in [2.45, 2.75) is 13.5 Å². The minimum Gasteiger partial charge on any atom is -0.347 e. The number of nitrogens with one attached hydrogen (secondary N) is 1. The predicted octanol–water partition coefficient (Wildman–Crippen LogP) is 2.12. The fourth-order valence-electron chi connectivity index (χ4n) is 2.44. The molecule has 0 aliphatic rings. The molecule has 0 atom stereocenters. The van der Waals surface area contributed by atoms with Gasteiger partial charge in [-0.05, 0) is 36.8 Å². The first-order valence-corrected chi connectivity index (χ1v) is 7.28. The lowest BCUT2D eigenvalue weighted by Gasteiger charge is -2.10. The van der Waals surface area contributed by atoms with E-state index in [0.717, 1.165) is 22.5 Å². The molecule has 0 aromatic carbocycles. The highest BCUT2D eigenvalue weighted by Crippen LogP contribution is 2.20. The Kier molecular flexibility index (Phi) is 4.14. The van der Waals surface area contributed by atoms with E-state index >= 15 is 0 Å². The SMILES string of the molecule is Cc1cc(C(=O)NCc2cccnc2-c2ccncc2)n(C)n1. The number of aryl methyl sites for hydroxylation is 2. The summed E-state index contributed by atoms with van der Waals surface area (Å²) in [7, 11) is 1.76. The molecule has 3 aromatic heterocycles. The average molecular weight is 307 g/mol. The Bertz CT molecular complexity index is 826. The van der Waals surface area contributed by atoms with Crippen LogP contribution in [0.5, 0.6) is 0 Å². The second-order valence-corrected chi connectivity index (χ2v) is 5.22. The predicted molar refractivity (Wildman–Crippen MR) is 86.6 cm³/mol. The Labute approximate surface area is 134 Å². The van der Waals surface area contributed by atoms with Gasteiger partial charge in [0.1, 0.15) is 5.69 Å². The van der Waals surface area contributed by atoms with Crippen molar-refractivity contribution < 1.29 is 4.79 Å². The van der Waals surface area contributed by atoms with Gasteiger partial charge in [-0.2, -0.15) is 5.10 Å². The standard InChI is InChI=1S/C17H17N5O/c1-12-10-15(22(2)21-12)17(23)20-11-14-4-3-7-19-16(14)13-5-8-18-9-6-13/h3-10H,11H2,1-2H3,(H,20,23). The number of carbonyl (C=O) groups excluding carboxylic acids is 1. The van der Waals surface area contributed by atoms with E-state index < -0.39 is 0 Å². The largest absolute Gasteiger partial charge is 0.347 e. The summed E-state index contributed by atoms with van der Waals surface area (Å²) in [5.41, 5.74) is 4.12. The van der Waals surface area contributed by atoms with Gasteiger partial charge in [0.05, 0.1) is 11.4 Å². The van der Waals surface area contributed by atoms with Crippen LogP contribution in [0.3, 0.4) is 0 Å². The molecule has 0 spiro atoms. The molecular formula is C17H17N5O. The fraction of sp³-hybridized carbons (Fsp3) is 0.176. The summed E-state index contributed by atoms with van der Waals surface area (Å²) in [6.07, 6.45) is 5.20. The Morgan fingerprint density at radius 3 is 2.70 bits per heavy atom. The van der Waals surface area contributed by atoms with Crippen molar-refractivity contribution in [3.8, 4) is 11.3 Å². The van der Waals surface area contributed by atoms with Crippen LogP contribution < -0.4 is 5.32 Å². The van der Waals surface area contributed by atoms with Gasteiger partial charge in [0.2, 0.25) is 0 Å². The zero-order valence-electron chi connectivity index (χ0n) is 13.0. The van der Waals surface area contributed by atoms with Crippen molar-refractivity contribution in [1.29, 1.82) is 0 Å². The van der Waals surface area contributed by atoms with E-state index in [2.05, 4.69) is 20.4 Å². The minimum atomic E-state index is -0.155. The number of pyridine rings is 2. The molecule has 0 bridgehead atoms. The molecule has 6 nitrogen and oxygen atoms in total. The molecule has 0 saturated carbocycles. The Hall–Kier alpha value is -3.02. The maximum Gasteiger partial charge on any atom is 0.269 e. The van der Waals surface area contributed by atoms with Gasteiger partial charge in [0.25, 0.3) is 5.91 Å². The number of hydrogen-bond acceptors (Lipinski definition) is 4. The highest BCUT2D eigenvalue weighted by molar-refractivity contribution is 5.92. The number of hydrogen-bond donors (Lipinski definition) is 1. The van der Waals surface area contributed by atoms with Crippen LogP contribution in [0.25, 0.3) is 11.3 Å². The third-order valence-corrected chi connectivity index (χ3v) is 3.52. The van der Waals surface area contributed by atoms with Gasteiger partial charge in [0.15, 0.2) is 0 Å². The van der Waals surface area contributed by atoms with E-state index in [4.69, 9.17) is 0 Å². The van der Waals surface area contributed by atoms with Gasteiger partial charge in [-0.15, -0.1) is 0 Å². The lowest BCUT2D eigenvalue weighted by molar-refractivity contribution is 0.0941. The third-order valence-electron chi connectivity index (χ3n) is 3.52. The monoisotopic (exact) mass is 307 g/mol. The van der Waals surface area contributed by atoms with Crippen LogP contribution in [0.4, 0.5) is 0 Å². The first-order valence-electron chi connectivity index (χ1n) is 7.28. The van der Waals surface area contributed by atoms with Crippen LogP contribution in [0, 0.1) is 6.92 Å². The van der Waals surface area contributed by atoms with Crippen molar-refractivity contribution in [3.63, 3.8) is 0 Å². The van der Waals surface area contributed by atoms with Crippen molar-refractivity contribution >= 4 is 5.91 Å². The molecular weight excluding hydrogens is 290 g/mol. The molecule has 3 heterocycles. The van der Waals surface area contributed by atoms with Gasteiger partial charge in [-0.1, -0.05) is 6.07 Å². The van der Waals surface area contributed by atoms with Crippen LogP contribution >= 0.6 is 0 Å². The molecule has 0 aliphatic heterocycles. The summed E-state index contributed by atoms with van der Waals surface area (Å²) in [6.45, 7) is 2.26. The quantitative estimate of drug-likeness (QED) is 0.801. The molecule has 0 saturated heterocycles. The first kappa shape index (κ1) is 14.9. The van der Waals surface area contributed by atoms with Crippen molar-refractivity contribution in [2.75, 3.05) is 0 Å². The topological polar surface area (TPSA) is 72.7 Å². The average Bonchev–Trinajstić information content (AvgIpc) is 2.92. The van der Waals surface area contributed by atoms with Crippen molar-refractivity contribution in [1.82, 2.24) is 25.1 Å². The molecule has 0 unspecified atom stereocenters. The molecule has 1 N–H and O–H groups in total. The Morgan fingerprint density at radius 1 is 1.22 bits per heavy atom. The van der Waals surface area contributed by atoms with Gasteiger partial charge in [-0.25, -0.2) is 0 Å². The molecule has 6 heteroatoms. The van der Waals surface area contributed by atoms with Gasteiger partial charge in [0, 0.05) is 37.7 Å². The Morgan fingerprint density at radius 2 is 2.00 bits per heavy atom. The van der Waals surface area contributed by atoms with Crippen LogP contribution in [-0.2, 0) is 13.6 Å². The highest BCUT2D eigenvalue weighted by Gasteiger charge is 2.13. The maximum atomic E-state index is 12.3. The highest BCUT2D eigenvalue weighted by atomic mass is 16.2. The van der Waals surface area contributed by atoms with E-state index in [1.807, 2.05) is 31.2 Å². The second-order valence-electron chi connectivity index (χ2n) is 5.22. The van der Waals surface area contributed by atoms with Crippen LogP contribution in [-0.4, -0.2) is 25.7 Å². The minimum absolute atomic E-state index is 0.155. The second kappa shape index (κ2) is 6.39. The van der Waals surface area contributed by atoms with Gasteiger partial charge in [-0.3, -0.25) is 19.4 Å². The summed E-state index contributed by atoms with van der Waals surface area (Å²) in [4.78, 5) is 20.7. The van der Waals surface area contributed by atoms with E-state index in [-0.39, 0.29) is 5.91 Å². The van der Waals surface area contributed by atoms with E-state index in [1.165, 1.54) is 0 Å². The molecule has 116 valence electrons. The number of amides is 1. The normalized spacial score (nSPS) is 10.5. The number of carbonyl (C=O) groups is 1. The van der Waals surface area contributed by atoms with Gasteiger partial charge >= 0.3 is 0 Å². The molecule has 0 aliphatic carbocycles. The zero-order chi connectivity index (χ0) is 16.2. The first-order chi connectivity index (χ1) is 11.1. The summed E-state index contributed by atoms with van der Waals surface area (Å²) in [5.74, 6) is -0.155. The summed E-state index contributed by atoms with van der Waals surface area (Å²) < 4.78 is 1.58. The summed E-state index contributed by atoms with van der Waals surface area (Å²) in [5, 5.41) is 7.11. The fourth-order valence-corrected chi connectivity index (χ4v) is 2.44. The van der Waals surface area contributed by atoms with E-state index in [9.17, 15) is 4.79 Å². The summed E-state index contributed by atoms with van der Waals surface area (Å²) in [6, 6.07) is 9.39. The number of aromatic nitrogens is 4. The van der Waals surface area contributed by atoms with Crippen molar-refractivity contribution in [3.05, 3.63) is 65.9 Å². The molecule has 3 aromatic rings. The van der Waals surface area contributed by atoms with Crippen molar-refractivity contribution in [2.24, 2.45) is 7.05 Å². The Balaban J connectivity index is 1.79. The maximum absolute atomic E-state index is 12.3. The lowest BCUT2D eigenvalue weighted by atomic mass is 10.1. The molecule has 0 fully saturated rings. The van der Waals surface area contributed by atoms with Gasteiger partial charge < -0.3 is 5.32 Å². The molecule has 3 rings (SSSR count). The number of nitrogens with zero attached hydrogens (tertiary/aromatic N) is 4. The van der Waals surface area contributed by atoms with E-state index in [1.54, 1.807) is 36.4 Å². The van der Waals surface area contributed by atoms with Crippen LogP contribution in [0.1, 0.15) is 21.7 Å². The molecule has 1 amide bonds. The van der Waals surface area contributed by atoms with Crippen LogP contribution in [0.2, 0.25) is 0 Å². The molecule has 0 radical (unpaired) electrons. The smallest absolute Gasteiger partial charge is 0.269 e. The van der Waals surface area contributed by atoms with Crippen LogP contribution in [0.15, 0.2) is 48.9 Å².